The first-order valence-corrected chi connectivity index (χ1v) is 6.41. The topological polar surface area (TPSA) is 64.8 Å². The van der Waals surface area contributed by atoms with Gasteiger partial charge in [-0.2, -0.15) is 5.26 Å². The highest BCUT2D eigenvalue weighted by Crippen LogP contribution is 2.20. The molecule has 0 amide bonds. The highest BCUT2D eigenvalue weighted by molar-refractivity contribution is 9.10. The predicted octanol–water partition coefficient (Wildman–Crippen LogP) is 2.94. The van der Waals surface area contributed by atoms with E-state index >= 15 is 0 Å². The molecule has 2 rings (SSSR count). The molecule has 5 nitrogen and oxygen atoms in total. The minimum atomic E-state index is 0.285. The zero-order valence-corrected chi connectivity index (χ0v) is 11.9. The Kier molecular flexibility index (Phi) is 4.31. The lowest BCUT2D eigenvalue weighted by atomic mass is 10.3. The third kappa shape index (κ3) is 3.66. The van der Waals surface area contributed by atoms with Gasteiger partial charge < -0.3 is 10.2 Å². The Bertz CT molecular complexity index is 608. The van der Waals surface area contributed by atoms with E-state index in [9.17, 15) is 0 Å². The van der Waals surface area contributed by atoms with E-state index < -0.39 is 0 Å². The summed E-state index contributed by atoms with van der Waals surface area (Å²) in [4.78, 5) is 10.0. The first kappa shape index (κ1) is 13.3. The van der Waals surface area contributed by atoms with Crippen LogP contribution in [0.25, 0.3) is 0 Å². The number of nitriles is 1. The van der Waals surface area contributed by atoms with Crippen molar-refractivity contribution in [3.05, 3.63) is 41.1 Å². The standard InChI is InChI=1S/C13H12BrN5/c1-19(6-5-15)13-8-12(16-9-17-13)18-11-4-2-3-10(14)7-11/h2-4,7-9H,6H2,1H3,(H,16,17,18). The number of benzene rings is 1. The molecule has 0 radical (unpaired) electrons. The van der Waals surface area contributed by atoms with Gasteiger partial charge in [-0.25, -0.2) is 9.97 Å². The second-order valence-electron chi connectivity index (χ2n) is 3.91. The molecule has 96 valence electrons. The van der Waals surface area contributed by atoms with Crippen LogP contribution in [-0.2, 0) is 0 Å². The molecule has 0 atom stereocenters. The monoisotopic (exact) mass is 317 g/mol. The highest BCUT2D eigenvalue weighted by atomic mass is 79.9. The SMILES string of the molecule is CN(CC#N)c1cc(Nc2cccc(Br)c2)ncn1. The lowest BCUT2D eigenvalue weighted by molar-refractivity contribution is 0.981. The smallest absolute Gasteiger partial charge is 0.135 e. The molecule has 0 unspecified atom stereocenters. The number of aromatic nitrogens is 2. The van der Waals surface area contributed by atoms with E-state index in [4.69, 9.17) is 5.26 Å². The number of hydrogen-bond donors (Lipinski definition) is 1. The van der Waals surface area contributed by atoms with Gasteiger partial charge in [-0.3, -0.25) is 0 Å². The minimum Gasteiger partial charge on any atom is -0.346 e. The van der Waals surface area contributed by atoms with Crippen LogP contribution in [0.3, 0.4) is 0 Å². The molecule has 19 heavy (non-hydrogen) atoms. The maximum atomic E-state index is 8.68. The Labute approximate surface area is 120 Å². The first-order chi connectivity index (χ1) is 9.19. The van der Waals surface area contributed by atoms with Crippen LogP contribution in [0.2, 0.25) is 0 Å². The maximum absolute atomic E-state index is 8.68. The van der Waals surface area contributed by atoms with Gasteiger partial charge in [0.05, 0.1) is 6.07 Å². The van der Waals surface area contributed by atoms with Crippen molar-refractivity contribution in [2.24, 2.45) is 0 Å². The van der Waals surface area contributed by atoms with E-state index in [0.29, 0.717) is 11.6 Å². The fourth-order valence-electron chi connectivity index (χ4n) is 1.53. The summed E-state index contributed by atoms with van der Waals surface area (Å²) in [5.41, 5.74) is 0.932. The number of rotatable bonds is 4. The molecule has 1 heterocycles. The summed E-state index contributed by atoms with van der Waals surface area (Å²) in [5.74, 6) is 1.39. The molecule has 0 aliphatic heterocycles. The van der Waals surface area contributed by atoms with Gasteiger partial charge in [0.25, 0.3) is 0 Å². The van der Waals surface area contributed by atoms with E-state index in [1.165, 1.54) is 6.33 Å². The summed E-state index contributed by atoms with van der Waals surface area (Å²) in [5, 5.41) is 11.9. The van der Waals surface area contributed by atoms with Crippen LogP contribution < -0.4 is 10.2 Å². The van der Waals surface area contributed by atoms with Crippen LogP contribution in [0.15, 0.2) is 41.1 Å². The van der Waals surface area contributed by atoms with Gasteiger partial charge in [-0.15, -0.1) is 0 Å². The summed E-state index contributed by atoms with van der Waals surface area (Å²) in [6, 6.07) is 11.7. The summed E-state index contributed by atoms with van der Waals surface area (Å²) in [6.45, 7) is 0.285. The molecule has 1 N–H and O–H groups in total. The molecule has 6 heteroatoms. The average Bonchev–Trinajstić information content (AvgIpc) is 2.39. The van der Waals surface area contributed by atoms with Crippen molar-refractivity contribution in [1.82, 2.24) is 9.97 Å². The number of halogens is 1. The fourth-order valence-corrected chi connectivity index (χ4v) is 1.92. The highest BCUT2D eigenvalue weighted by Gasteiger charge is 2.04. The quantitative estimate of drug-likeness (QED) is 0.878. The second kappa shape index (κ2) is 6.16. The Morgan fingerprint density at radius 2 is 2.21 bits per heavy atom. The molecular formula is C13H12BrN5. The van der Waals surface area contributed by atoms with Crippen molar-refractivity contribution < 1.29 is 0 Å². The largest absolute Gasteiger partial charge is 0.346 e. The Morgan fingerprint density at radius 3 is 2.95 bits per heavy atom. The molecule has 0 aliphatic rings. The molecule has 0 saturated carbocycles. The molecule has 0 fully saturated rings. The molecular weight excluding hydrogens is 306 g/mol. The molecule has 0 spiro atoms. The van der Waals surface area contributed by atoms with Gasteiger partial charge in [-0.1, -0.05) is 22.0 Å². The van der Waals surface area contributed by atoms with Crippen LogP contribution in [0.5, 0.6) is 0 Å². The Hall–Kier alpha value is -2.13. The van der Waals surface area contributed by atoms with Crippen molar-refractivity contribution in [3.8, 4) is 6.07 Å². The number of nitrogens with zero attached hydrogens (tertiary/aromatic N) is 4. The van der Waals surface area contributed by atoms with Crippen molar-refractivity contribution in [1.29, 1.82) is 5.26 Å². The van der Waals surface area contributed by atoms with Crippen molar-refractivity contribution in [2.45, 2.75) is 0 Å². The van der Waals surface area contributed by atoms with Crippen LogP contribution >= 0.6 is 15.9 Å². The maximum Gasteiger partial charge on any atom is 0.135 e. The number of nitrogens with one attached hydrogen (secondary N) is 1. The van der Waals surface area contributed by atoms with Crippen LogP contribution in [0, 0.1) is 11.3 Å². The van der Waals surface area contributed by atoms with Crippen LogP contribution in [0.1, 0.15) is 0 Å². The fraction of sp³-hybridized carbons (Fsp3) is 0.154. The van der Waals surface area contributed by atoms with Gasteiger partial charge in [0.15, 0.2) is 0 Å². The predicted molar refractivity (Wildman–Crippen MR) is 78.3 cm³/mol. The Balaban J connectivity index is 2.18. The molecule has 1 aromatic carbocycles. The van der Waals surface area contributed by atoms with E-state index in [1.54, 1.807) is 11.0 Å². The van der Waals surface area contributed by atoms with Crippen molar-refractivity contribution >= 4 is 33.3 Å². The summed E-state index contributed by atoms with van der Waals surface area (Å²) < 4.78 is 0.994. The normalized spacial score (nSPS) is 9.74. The molecule has 0 aliphatic carbocycles. The van der Waals surface area contributed by atoms with E-state index in [1.807, 2.05) is 31.3 Å². The van der Waals surface area contributed by atoms with Gasteiger partial charge >= 0.3 is 0 Å². The summed E-state index contributed by atoms with van der Waals surface area (Å²) in [7, 11) is 1.81. The molecule has 1 aromatic heterocycles. The number of hydrogen-bond acceptors (Lipinski definition) is 5. The lowest BCUT2D eigenvalue weighted by Crippen LogP contribution is -2.18. The second-order valence-corrected chi connectivity index (χ2v) is 4.83. The number of anilines is 3. The van der Waals surface area contributed by atoms with Crippen molar-refractivity contribution in [2.75, 3.05) is 23.8 Å². The third-order valence-corrected chi connectivity index (χ3v) is 2.94. The molecule has 2 aromatic rings. The third-order valence-electron chi connectivity index (χ3n) is 2.45. The van der Waals surface area contributed by atoms with Crippen molar-refractivity contribution in [3.63, 3.8) is 0 Å². The molecule has 0 saturated heterocycles. The summed E-state index contributed by atoms with van der Waals surface area (Å²) in [6.07, 6.45) is 1.48. The van der Waals surface area contributed by atoms with Gasteiger partial charge in [0.1, 0.15) is 24.5 Å². The van der Waals surface area contributed by atoms with Crippen LogP contribution in [-0.4, -0.2) is 23.6 Å². The zero-order chi connectivity index (χ0) is 13.7. The summed E-state index contributed by atoms with van der Waals surface area (Å²) >= 11 is 3.42. The van der Waals surface area contributed by atoms with Gasteiger partial charge in [0, 0.05) is 23.3 Å². The molecule has 0 bridgehead atoms. The van der Waals surface area contributed by atoms with E-state index in [2.05, 4.69) is 37.3 Å². The minimum absolute atomic E-state index is 0.285. The average molecular weight is 318 g/mol. The Morgan fingerprint density at radius 1 is 1.37 bits per heavy atom. The van der Waals surface area contributed by atoms with Gasteiger partial charge in [-0.05, 0) is 18.2 Å². The zero-order valence-electron chi connectivity index (χ0n) is 10.3. The van der Waals surface area contributed by atoms with E-state index in [-0.39, 0.29) is 6.54 Å². The van der Waals surface area contributed by atoms with Crippen LogP contribution in [0.4, 0.5) is 17.3 Å². The van der Waals surface area contributed by atoms with E-state index in [0.717, 1.165) is 10.2 Å². The lowest BCUT2D eigenvalue weighted by Gasteiger charge is -2.14. The first-order valence-electron chi connectivity index (χ1n) is 5.62. The van der Waals surface area contributed by atoms with Gasteiger partial charge in [0.2, 0.25) is 0 Å².